The van der Waals surface area contributed by atoms with Gasteiger partial charge in [-0.2, -0.15) is 15.5 Å². The van der Waals surface area contributed by atoms with E-state index in [1.165, 1.54) is 4.68 Å². The van der Waals surface area contributed by atoms with Gasteiger partial charge in [0.1, 0.15) is 23.0 Å². The summed E-state index contributed by atoms with van der Waals surface area (Å²) in [6, 6.07) is 24.9. The summed E-state index contributed by atoms with van der Waals surface area (Å²) in [6.07, 6.45) is 3.33. The van der Waals surface area contributed by atoms with Crippen LogP contribution < -0.4 is 5.73 Å². The second kappa shape index (κ2) is 8.80. The lowest BCUT2D eigenvalue weighted by atomic mass is 10.1. The Bertz CT molecular complexity index is 1510. The van der Waals surface area contributed by atoms with Gasteiger partial charge in [0.05, 0.1) is 5.69 Å². The van der Waals surface area contributed by atoms with Crippen LogP contribution in [-0.2, 0) is 7.05 Å². The Balaban J connectivity index is 1.64. The van der Waals surface area contributed by atoms with E-state index in [2.05, 4.69) is 26.4 Å². The number of nitrogen functional groups attached to an aromatic ring is 1. The van der Waals surface area contributed by atoms with E-state index in [1.807, 2.05) is 60.7 Å². The average molecular weight is 445 g/mol. The first kappa shape index (κ1) is 20.8. The average Bonchev–Trinajstić information content (AvgIpc) is 3.40. The SMILES string of the molecule is Cn1nc(-c2ccccc2)c(C#N)c1N=Nc1c(-c2ccccc2)nn(-c2ccncc2)c1N. The Morgan fingerprint density at radius 3 is 2.06 bits per heavy atom. The Hall–Kier alpha value is -5.10. The van der Waals surface area contributed by atoms with Gasteiger partial charge in [-0.05, 0) is 12.1 Å². The predicted octanol–water partition coefficient (Wildman–Crippen LogP) is 5.20. The van der Waals surface area contributed by atoms with Gasteiger partial charge >= 0.3 is 0 Å². The zero-order chi connectivity index (χ0) is 23.5. The number of hydrogen-bond donors (Lipinski definition) is 1. The van der Waals surface area contributed by atoms with Gasteiger partial charge in [0, 0.05) is 30.6 Å². The summed E-state index contributed by atoms with van der Waals surface area (Å²) in [5.41, 5.74) is 10.7. The van der Waals surface area contributed by atoms with Crippen molar-refractivity contribution in [2.75, 3.05) is 5.73 Å². The van der Waals surface area contributed by atoms with Crippen LogP contribution >= 0.6 is 0 Å². The maximum atomic E-state index is 9.86. The van der Waals surface area contributed by atoms with Gasteiger partial charge in [0.15, 0.2) is 17.3 Å². The Morgan fingerprint density at radius 1 is 0.824 bits per heavy atom. The molecule has 0 atom stereocenters. The van der Waals surface area contributed by atoms with Crippen LogP contribution in [0.3, 0.4) is 0 Å². The summed E-state index contributed by atoms with van der Waals surface area (Å²) < 4.78 is 3.14. The standard InChI is InChI=1S/C25H19N9/c1-33-25(20(16-26)21(31-33)17-8-4-2-5-9-17)30-29-23-22(18-10-6-3-7-11-18)32-34(24(23)27)19-12-14-28-15-13-19/h2-15H,27H2,1H3. The van der Waals surface area contributed by atoms with E-state index < -0.39 is 0 Å². The minimum atomic E-state index is 0.317. The van der Waals surface area contributed by atoms with Crippen molar-refractivity contribution in [1.29, 1.82) is 5.26 Å². The predicted molar refractivity (Wildman–Crippen MR) is 129 cm³/mol. The molecule has 2 aromatic carbocycles. The molecular weight excluding hydrogens is 426 g/mol. The molecule has 9 heteroatoms. The number of hydrogen-bond acceptors (Lipinski definition) is 7. The lowest BCUT2D eigenvalue weighted by molar-refractivity contribution is 0.767. The van der Waals surface area contributed by atoms with E-state index in [1.54, 1.807) is 36.3 Å². The van der Waals surface area contributed by atoms with E-state index in [-0.39, 0.29) is 0 Å². The highest BCUT2D eigenvalue weighted by Gasteiger charge is 2.21. The van der Waals surface area contributed by atoms with Crippen molar-refractivity contribution in [3.63, 3.8) is 0 Å². The van der Waals surface area contributed by atoms with E-state index in [9.17, 15) is 5.26 Å². The maximum Gasteiger partial charge on any atom is 0.191 e. The quantitative estimate of drug-likeness (QED) is 0.372. The second-order valence-corrected chi connectivity index (χ2v) is 7.41. The zero-order valence-electron chi connectivity index (χ0n) is 18.2. The number of benzene rings is 2. The minimum absolute atomic E-state index is 0.317. The molecule has 0 aliphatic heterocycles. The fourth-order valence-electron chi connectivity index (χ4n) is 3.62. The summed E-state index contributed by atoms with van der Waals surface area (Å²) in [7, 11) is 1.73. The molecule has 34 heavy (non-hydrogen) atoms. The van der Waals surface area contributed by atoms with Crippen molar-refractivity contribution in [2.45, 2.75) is 0 Å². The topological polar surface area (TPSA) is 123 Å². The monoisotopic (exact) mass is 445 g/mol. The van der Waals surface area contributed by atoms with Crippen LogP contribution in [0.2, 0.25) is 0 Å². The van der Waals surface area contributed by atoms with E-state index >= 15 is 0 Å². The molecule has 0 saturated carbocycles. The Morgan fingerprint density at radius 2 is 1.44 bits per heavy atom. The van der Waals surface area contributed by atoms with Gasteiger partial charge in [-0.1, -0.05) is 60.7 Å². The second-order valence-electron chi connectivity index (χ2n) is 7.41. The molecule has 3 heterocycles. The van der Waals surface area contributed by atoms with E-state index in [0.29, 0.717) is 34.3 Å². The molecule has 0 radical (unpaired) electrons. The van der Waals surface area contributed by atoms with Gasteiger partial charge in [-0.25, -0.2) is 9.36 Å². The van der Waals surface area contributed by atoms with Crippen molar-refractivity contribution >= 4 is 17.3 Å². The molecule has 164 valence electrons. The van der Waals surface area contributed by atoms with Gasteiger partial charge < -0.3 is 5.73 Å². The third kappa shape index (κ3) is 3.69. The number of nitrogens with two attached hydrogens (primary N) is 1. The van der Waals surface area contributed by atoms with Crippen LogP contribution in [-0.4, -0.2) is 24.5 Å². The first-order valence-electron chi connectivity index (χ1n) is 10.5. The van der Waals surface area contributed by atoms with Crippen molar-refractivity contribution < 1.29 is 0 Å². The van der Waals surface area contributed by atoms with Crippen molar-refractivity contribution in [1.82, 2.24) is 24.5 Å². The molecule has 3 aromatic heterocycles. The molecular formula is C25H19N9. The summed E-state index contributed by atoms with van der Waals surface area (Å²) in [6.45, 7) is 0. The Kier molecular flexibility index (Phi) is 5.38. The molecule has 0 aliphatic carbocycles. The molecule has 0 amide bonds. The molecule has 5 aromatic rings. The third-order valence-corrected chi connectivity index (χ3v) is 5.27. The molecule has 9 nitrogen and oxygen atoms in total. The molecule has 5 rings (SSSR count). The number of nitrogens with zero attached hydrogens (tertiary/aromatic N) is 8. The molecule has 2 N–H and O–H groups in total. The summed E-state index contributed by atoms with van der Waals surface area (Å²) in [5.74, 6) is 0.647. The number of pyridine rings is 1. The van der Waals surface area contributed by atoms with Crippen LogP contribution in [0.1, 0.15) is 5.56 Å². The summed E-state index contributed by atoms with van der Waals surface area (Å²) in [5, 5.41) is 27.9. The van der Waals surface area contributed by atoms with Crippen LogP contribution in [0.4, 0.5) is 17.3 Å². The molecule has 0 unspecified atom stereocenters. The van der Waals surface area contributed by atoms with Crippen LogP contribution in [0.5, 0.6) is 0 Å². The van der Waals surface area contributed by atoms with Crippen LogP contribution in [0, 0.1) is 11.3 Å². The van der Waals surface area contributed by atoms with Crippen molar-refractivity contribution in [2.24, 2.45) is 17.3 Å². The zero-order valence-corrected chi connectivity index (χ0v) is 18.2. The van der Waals surface area contributed by atoms with E-state index in [0.717, 1.165) is 16.8 Å². The first-order chi connectivity index (χ1) is 16.7. The van der Waals surface area contributed by atoms with Gasteiger partial charge in [0.25, 0.3) is 0 Å². The van der Waals surface area contributed by atoms with Gasteiger partial charge in [0.2, 0.25) is 0 Å². The first-order valence-corrected chi connectivity index (χ1v) is 10.5. The highest BCUT2D eigenvalue weighted by Crippen LogP contribution is 2.38. The number of aryl methyl sites for hydroxylation is 1. The number of nitriles is 1. The lowest BCUT2D eigenvalue weighted by Crippen LogP contribution is -2.01. The van der Waals surface area contributed by atoms with Crippen molar-refractivity contribution in [3.05, 3.63) is 90.8 Å². The molecule has 0 fully saturated rings. The number of aromatic nitrogens is 5. The van der Waals surface area contributed by atoms with E-state index in [4.69, 9.17) is 10.8 Å². The van der Waals surface area contributed by atoms with Crippen LogP contribution in [0.25, 0.3) is 28.2 Å². The van der Waals surface area contributed by atoms with Crippen LogP contribution in [0.15, 0.2) is 95.4 Å². The molecule has 0 saturated heterocycles. The van der Waals surface area contributed by atoms with Crippen molar-refractivity contribution in [3.8, 4) is 34.3 Å². The molecule has 0 aliphatic rings. The number of azo groups is 1. The molecule has 0 spiro atoms. The number of anilines is 1. The van der Waals surface area contributed by atoms with Gasteiger partial charge in [-0.15, -0.1) is 10.2 Å². The number of rotatable bonds is 5. The Labute approximate surface area is 195 Å². The largest absolute Gasteiger partial charge is 0.382 e. The highest BCUT2D eigenvalue weighted by molar-refractivity contribution is 5.81. The fourth-order valence-corrected chi connectivity index (χ4v) is 3.62. The maximum absolute atomic E-state index is 9.86. The third-order valence-electron chi connectivity index (χ3n) is 5.27. The highest BCUT2D eigenvalue weighted by atomic mass is 15.4. The summed E-state index contributed by atoms with van der Waals surface area (Å²) >= 11 is 0. The fraction of sp³-hybridized carbons (Fsp3) is 0.0400. The normalized spacial score (nSPS) is 11.1. The minimum Gasteiger partial charge on any atom is -0.382 e. The smallest absolute Gasteiger partial charge is 0.191 e. The molecule has 0 bridgehead atoms. The van der Waals surface area contributed by atoms with Gasteiger partial charge in [-0.3, -0.25) is 4.98 Å². The summed E-state index contributed by atoms with van der Waals surface area (Å²) in [4.78, 5) is 4.06. The lowest BCUT2D eigenvalue weighted by Gasteiger charge is -2.02.